The maximum atomic E-state index is 5.22. The maximum Gasteiger partial charge on any atom is 0.0186 e. The van der Waals surface area contributed by atoms with E-state index in [1.54, 1.807) is 5.23 Å². The van der Waals surface area contributed by atoms with Gasteiger partial charge in [-0.1, -0.05) is 5.23 Å². The van der Waals surface area contributed by atoms with Gasteiger partial charge in [0.1, 0.15) is 0 Å². The zero-order chi connectivity index (χ0) is 8.85. The summed E-state index contributed by atoms with van der Waals surface area (Å²) in [7, 11) is 0. The van der Waals surface area contributed by atoms with Gasteiger partial charge in [0.25, 0.3) is 0 Å². The van der Waals surface area contributed by atoms with Gasteiger partial charge in [-0.05, 0) is 27.7 Å². The molecule has 11 heavy (non-hydrogen) atoms. The molecule has 0 spiro atoms. The number of hydrogen-bond acceptors (Lipinski definition) is 5. The quantitative estimate of drug-likeness (QED) is 0.323. The molecule has 0 aromatic heterocycles. The van der Waals surface area contributed by atoms with Gasteiger partial charge in [0, 0.05) is 12.1 Å². The van der Waals surface area contributed by atoms with E-state index in [0.29, 0.717) is 12.1 Å². The molecule has 5 nitrogen and oxygen atoms in total. The normalized spacial score (nSPS) is 12.0. The van der Waals surface area contributed by atoms with Crippen LogP contribution in [0.1, 0.15) is 27.7 Å². The van der Waals surface area contributed by atoms with Crippen molar-refractivity contribution in [2.75, 3.05) is 0 Å². The van der Waals surface area contributed by atoms with Crippen LogP contribution in [0.3, 0.4) is 0 Å². The standard InChI is InChI=1S/C6H19N5/c1-5(2)8-11(10-7)9-6(3)4/h5-6,8-10H,7H2,1-4H3. The summed E-state index contributed by atoms with van der Waals surface area (Å²) in [6.07, 6.45) is 0. The number of nitrogens with one attached hydrogen (secondary N) is 3. The molecular weight excluding hydrogens is 142 g/mol. The Morgan fingerprint density at radius 2 is 1.36 bits per heavy atom. The number of rotatable bonds is 5. The molecule has 68 valence electrons. The van der Waals surface area contributed by atoms with Gasteiger partial charge in [-0.15, -0.1) is 0 Å². The minimum absolute atomic E-state index is 0.345. The Morgan fingerprint density at radius 3 is 1.55 bits per heavy atom. The zero-order valence-corrected chi connectivity index (χ0v) is 7.68. The minimum Gasteiger partial charge on any atom is -0.255 e. The van der Waals surface area contributed by atoms with Gasteiger partial charge in [-0.3, -0.25) is 5.84 Å². The Bertz CT molecular complexity index is 83.0. The third kappa shape index (κ3) is 6.21. The monoisotopic (exact) mass is 161 g/mol. The molecule has 0 aliphatic rings. The van der Waals surface area contributed by atoms with Crippen LogP contribution in [0.4, 0.5) is 0 Å². The van der Waals surface area contributed by atoms with Crippen LogP contribution >= 0.6 is 0 Å². The van der Waals surface area contributed by atoms with Crippen LogP contribution in [0, 0.1) is 0 Å². The first kappa shape index (κ1) is 10.8. The average molecular weight is 161 g/mol. The van der Waals surface area contributed by atoms with Crippen molar-refractivity contribution >= 4 is 0 Å². The van der Waals surface area contributed by atoms with Crippen molar-refractivity contribution in [3.05, 3.63) is 0 Å². The first-order valence-corrected chi connectivity index (χ1v) is 3.85. The lowest BCUT2D eigenvalue weighted by Gasteiger charge is -2.26. The number of nitrogens with two attached hydrogens (primary N) is 1. The molecule has 0 aliphatic carbocycles. The van der Waals surface area contributed by atoms with Crippen molar-refractivity contribution in [1.82, 2.24) is 21.6 Å². The van der Waals surface area contributed by atoms with E-state index in [4.69, 9.17) is 5.84 Å². The fraction of sp³-hybridized carbons (Fsp3) is 1.00. The highest BCUT2D eigenvalue weighted by Crippen LogP contribution is 1.80. The van der Waals surface area contributed by atoms with Crippen LogP contribution in [0.5, 0.6) is 0 Å². The fourth-order valence-corrected chi connectivity index (χ4v) is 0.628. The maximum absolute atomic E-state index is 5.22. The lowest BCUT2D eigenvalue weighted by molar-refractivity contribution is 0.0231. The van der Waals surface area contributed by atoms with Crippen LogP contribution in [0.25, 0.3) is 0 Å². The van der Waals surface area contributed by atoms with Crippen LogP contribution in [-0.2, 0) is 0 Å². The van der Waals surface area contributed by atoms with E-state index < -0.39 is 0 Å². The van der Waals surface area contributed by atoms with Crippen molar-refractivity contribution < 1.29 is 0 Å². The molecule has 0 saturated heterocycles. The highest BCUT2D eigenvalue weighted by atomic mass is 15.9. The second-order valence-electron chi connectivity index (χ2n) is 3.03. The third-order valence-electron chi connectivity index (χ3n) is 0.904. The van der Waals surface area contributed by atoms with Crippen molar-refractivity contribution in [3.8, 4) is 0 Å². The lowest BCUT2D eigenvalue weighted by Crippen LogP contribution is -2.62. The summed E-state index contributed by atoms with van der Waals surface area (Å²) in [4.78, 5) is 0. The molecule has 0 bridgehead atoms. The van der Waals surface area contributed by atoms with E-state index in [1.165, 1.54) is 0 Å². The third-order valence-corrected chi connectivity index (χ3v) is 0.904. The summed E-state index contributed by atoms with van der Waals surface area (Å²) in [5.41, 5.74) is 8.57. The molecule has 0 aromatic carbocycles. The van der Waals surface area contributed by atoms with Crippen LogP contribution in [0.15, 0.2) is 0 Å². The van der Waals surface area contributed by atoms with Crippen molar-refractivity contribution in [3.63, 3.8) is 0 Å². The summed E-state index contributed by atoms with van der Waals surface area (Å²) in [6, 6.07) is 0.689. The van der Waals surface area contributed by atoms with E-state index in [9.17, 15) is 0 Å². The zero-order valence-electron chi connectivity index (χ0n) is 7.68. The first-order chi connectivity index (χ1) is 5.06. The van der Waals surface area contributed by atoms with E-state index in [2.05, 4.69) is 16.4 Å². The molecule has 5 N–H and O–H groups in total. The Labute approximate surface area is 68.2 Å². The Kier molecular flexibility index (Phi) is 5.35. The molecule has 0 heterocycles. The van der Waals surface area contributed by atoms with Gasteiger partial charge in [0.2, 0.25) is 0 Å². The topological polar surface area (TPSA) is 65.3 Å². The second kappa shape index (κ2) is 5.45. The van der Waals surface area contributed by atoms with Gasteiger partial charge < -0.3 is 0 Å². The van der Waals surface area contributed by atoms with Crippen LogP contribution in [-0.4, -0.2) is 17.3 Å². The van der Waals surface area contributed by atoms with Gasteiger partial charge in [-0.25, -0.2) is 10.9 Å². The van der Waals surface area contributed by atoms with Crippen molar-refractivity contribution in [2.45, 2.75) is 39.8 Å². The number of hydrogen-bond donors (Lipinski definition) is 4. The lowest BCUT2D eigenvalue weighted by atomic mass is 10.4. The SMILES string of the molecule is CC(C)NN(NN)NC(C)C. The van der Waals surface area contributed by atoms with Crippen LogP contribution < -0.4 is 22.2 Å². The predicted molar refractivity (Wildman–Crippen MR) is 45.7 cm³/mol. The van der Waals surface area contributed by atoms with Crippen LogP contribution in [0.2, 0.25) is 0 Å². The van der Waals surface area contributed by atoms with Gasteiger partial charge in [-0.2, -0.15) is 5.53 Å². The molecule has 0 aliphatic heterocycles. The molecule has 0 aromatic rings. The van der Waals surface area contributed by atoms with Gasteiger partial charge >= 0.3 is 0 Å². The average Bonchev–Trinajstić information content (AvgIpc) is 1.84. The van der Waals surface area contributed by atoms with E-state index >= 15 is 0 Å². The second-order valence-corrected chi connectivity index (χ2v) is 3.03. The molecule has 0 radical (unpaired) electrons. The van der Waals surface area contributed by atoms with Gasteiger partial charge in [0.05, 0.1) is 0 Å². The smallest absolute Gasteiger partial charge is 0.0186 e. The summed E-state index contributed by atoms with van der Waals surface area (Å²) >= 11 is 0. The number of hydrazine groups is 4. The van der Waals surface area contributed by atoms with Crippen molar-refractivity contribution in [1.29, 1.82) is 0 Å². The summed E-state index contributed by atoms with van der Waals surface area (Å²) in [5.74, 6) is 5.22. The summed E-state index contributed by atoms with van der Waals surface area (Å²) in [6.45, 7) is 8.14. The molecule has 0 amide bonds. The predicted octanol–water partition coefficient (Wildman–Crippen LogP) is -0.507. The van der Waals surface area contributed by atoms with E-state index in [1.807, 2.05) is 27.7 Å². The fourth-order valence-electron chi connectivity index (χ4n) is 0.628. The molecule has 0 saturated carbocycles. The molecule has 0 atom stereocenters. The highest BCUT2D eigenvalue weighted by molar-refractivity contribution is 4.49. The Morgan fingerprint density at radius 1 is 1.00 bits per heavy atom. The molecule has 0 fully saturated rings. The van der Waals surface area contributed by atoms with Crippen molar-refractivity contribution in [2.24, 2.45) is 5.84 Å². The highest BCUT2D eigenvalue weighted by Gasteiger charge is 2.03. The molecular formula is C6H19N5. The Hall–Kier alpha value is -0.200. The van der Waals surface area contributed by atoms with Gasteiger partial charge in [0.15, 0.2) is 0 Å². The first-order valence-electron chi connectivity index (χ1n) is 3.85. The Balaban J connectivity index is 3.58. The number of nitrogens with zero attached hydrogens (tertiary/aromatic N) is 1. The van der Waals surface area contributed by atoms with E-state index in [-0.39, 0.29) is 0 Å². The summed E-state index contributed by atoms with van der Waals surface area (Å²) in [5, 5.41) is 1.55. The molecule has 5 heteroatoms. The molecule has 0 rings (SSSR count). The largest absolute Gasteiger partial charge is 0.255 e. The van der Waals surface area contributed by atoms with E-state index in [0.717, 1.165) is 0 Å². The molecule has 0 unspecified atom stereocenters. The summed E-state index contributed by atoms with van der Waals surface area (Å²) < 4.78 is 0. The minimum atomic E-state index is 0.345.